The fourth-order valence-electron chi connectivity index (χ4n) is 3.36. The lowest BCUT2D eigenvalue weighted by Crippen LogP contribution is -2.48. The van der Waals surface area contributed by atoms with E-state index in [0.29, 0.717) is 5.92 Å². The molecule has 2 atom stereocenters. The van der Waals surface area contributed by atoms with Crippen LogP contribution in [0.2, 0.25) is 5.02 Å². The molecule has 0 radical (unpaired) electrons. The average molecular weight is 301 g/mol. The van der Waals surface area contributed by atoms with E-state index in [9.17, 15) is 0 Å². The Kier molecular flexibility index (Phi) is 3.89. The summed E-state index contributed by atoms with van der Waals surface area (Å²) in [7, 11) is 0. The lowest BCUT2D eigenvalue weighted by Gasteiger charge is -2.48. The summed E-state index contributed by atoms with van der Waals surface area (Å²) >= 11 is 8.12. The summed E-state index contributed by atoms with van der Waals surface area (Å²) in [6, 6.07) is 0.160. The van der Waals surface area contributed by atoms with E-state index in [1.807, 2.05) is 6.92 Å². The van der Waals surface area contributed by atoms with Gasteiger partial charge >= 0.3 is 0 Å². The van der Waals surface area contributed by atoms with Gasteiger partial charge in [0, 0.05) is 11.5 Å². The van der Waals surface area contributed by atoms with Crippen LogP contribution in [-0.2, 0) is 4.74 Å². The van der Waals surface area contributed by atoms with Crippen LogP contribution in [0.1, 0.15) is 48.6 Å². The Hall–Kier alpha value is -0.130. The van der Waals surface area contributed by atoms with E-state index < -0.39 is 0 Å². The van der Waals surface area contributed by atoms with Crippen molar-refractivity contribution < 1.29 is 4.74 Å². The second-order valence-corrected chi connectivity index (χ2v) is 7.17. The third-order valence-corrected chi connectivity index (χ3v) is 6.45. The number of rotatable bonds is 3. The number of hydrogen-bond acceptors (Lipinski definition) is 4. The molecular weight excluding hydrogens is 280 g/mol. The van der Waals surface area contributed by atoms with Crippen LogP contribution in [0.3, 0.4) is 0 Å². The van der Waals surface area contributed by atoms with Gasteiger partial charge in [-0.25, -0.2) is 0 Å². The highest BCUT2D eigenvalue weighted by atomic mass is 35.5. The Labute approximate surface area is 123 Å². The second kappa shape index (κ2) is 5.34. The minimum atomic E-state index is 0.150. The summed E-state index contributed by atoms with van der Waals surface area (Å²) in [5, 5.41) is 2.99. The van der Waals surface area contributed by atoms with Crippen molar-refractivity contribution in [2.45, 2.75) is 50.7 Å². The highest BCUT2D eigenvalue weighted by molar-refractivity contribution is 7.10. The van der Waals surface area contributed by atoms with E-state index >= 15 is 0 Å². The van der Waals surface area contributed by atoms with E-state index in [1.54, 1.807) is 11.3 Å². The first-order valence-electron chi connectivity index (χ1n) is 6.99. The first-order valence-corrected chi connectivity index (χ1v) is 8.24. The summed E-state index contributed by atoms with van der Waals surface area (Å²) in [6.45, 7) is 2.90. The number of halogens is 1. The van der Waals surface area contributed by atoms with Crippen LogP contribution in [0.25, 0.3) is 0 Å². The molecule has 2 heterocycles. The van der Waals surface area contributed by atoms with Crippen molar-refractivity contribution in [2.75, 3.05) is 6.61 Å². The third-order valence-electron chi connectivity index (χ3n) is 4.65. The standard InChI is InChI=1S/C14H21ClN2OS/c1-9-8-19-13(11(9)15)12(17-16)10-3-6-18-14(7-10)4-2-5-14/h8,10,12,17H,2-7,16H2,1H3. The molecule has 0 bridgehead atoms. The van der Waals surface area contributed by atoms with Gasteiger partial charge in [0.05, 0.1) is 16.7 Å². The molecule has 5 heteroatoms. The fraction of sp³-hybridized carbons (Fsp3) is 0.714. The predicted molar refractivity (Wildman–Crippen MR) is 79.4 cm³/mol. The maximum Gasteiger partial charge on any atom is 0.0686 e. The molecule has 106 valence electrons. The molecule has 1 aromatic heterocycles. The molecule has 3 rings (SSSR count). The first kappa shape index (κ1) is 13.8. The molecular formula is C14H21ClN2OS. The molecule has 1 aliphatic carbocycles. The maximum absolute atomic E-state index is 6.40. The minimum absolute atomic E-state index is 0.150. The van der Waals surface area contributed by atoms with Gasteiger partial charge in [0.25, 0.3) is 0 Å². The van der Waals surface area contributed by atoms with Crippen molar-refractivity contribution in [3.63, 3.8) is 0 Å². The van der Waals surface area contributed by atoms with Gasteiger partial charge in [0.2, 0.25) is 0 Å². The van der Waals surface area contributed by atoms with E-state index in [-0.39, 0.29) is 11.6 Å². The number of thiophene rings is 1. The molecule has 2 aliphatic rings. The van der Waals surface area contributed by atoms with E-state index in [2.05, 4.69) is 10.8 Å². The van der Waals surface area contributed by atoms with Crippen molar-refractivity contribution in [3.05, 3.63) is 20.8 Å². The van der Waals surface area contributed by atoms with E-state index in [1.165, 1.54) is 24.1 Å². The quantitative estimate of drug-likeness (QED) is 0.663. The van der Waals surface area contributed by atoms with Crippen molar-refractivity contribution in [1.82, 2.24) is 5.43 Å². The molecule has 2 fully saturated rings. The molecule has 1 spiro atoms. The Morgan fingerprint density at radius 3 is 2.89 bits per heavy atom. The summed E-state index contributed by atoms with van der Waals surface area (Å²) in [5.74, 6) is 6.34. The average Bonchev–Trinajstić information content (AvgIpc) is 2.71. The Bertz CT molecular complexity index is 458. The van der Waals surface area contributed by atoms with Crippen LogP contribution in [0, 0.1) is 12.8 Å². The summed E-state index contributed by atoms with van der Waals surface area (Å²) in [6.07, 6.45) is 5.88. The van der Waals surface area contributed by atoms with Crippen LogP contribution < -0.4 is 11.3 Å². The first-order chi connectivity index (χ1) is 9.15. The molecule has 2 unspecified atom stereocenters. The van der Waals surface area contributed by atoms with Crippen LogP contribution in [0.15, 0.2) is 5.38 Å². The van der Waals surface area contributed by atoms with Crippen LogP contribution >= 0.6 is 22.9 Å². The number of aryl methyl sites for hydroxylation is 1. The molecule has 1 saturated heterocycles. The smallest absolute Gasteiger partial charge is 0.0686 e. The van der Waals surface area contributed by atoms with Crippen LogP contribution in [-0.4, -0.2) is 12.2 Å². The summed E-state index contributed by atoms with van der Waals surface area (Å²) in [4.78, 5) is 1.18. The zero-order valence-corrected chi connectivity index (χ0v) is 12.8. The van der Waals surface area contributed by atoms with Crippen molar-refractivity contribution in [3.8, 4) is 0 Å². The lowest BCUT2D eigenvalue weighted by atomic mass is 9.70. The molecule has 0 amide bonds. The third kappa shape index (κ3) is 2.45. The van der Waals surface area contributed by atoms with Gasteiger partial charge in [-0.15, -0.1) is 11.3 Å². The summed E-state index contributed by atoms with van der Waals surface area (Å²) in [5.41, 5.74) is 4.29. The molecule has 19 heavy (non-hydrogen) atoms. The Balaban J connectivity index is 1.80. The number of hydrazine groups is 1. The van der Waals surface area contributed by atoms with Gasteiger partial charge in [-0.3, -0.25) is 11.3 Å². The zero-order valence-electron chi connectivity index (χ0n) is 11.2. The lowest BCUT2D eigenvalue weighted by molar-refractivity contribution is -0.147. The monoisotopic (exact) mass is 300 g/mol. The van der Waals surface area contributed by atoms with Gasteiger partial charge in [0.1, 0.15) is 0 Å². The van der Waals surface area contributed by atoms with Crippen molar-refractivity contribution in [1.29, 1.82) is 0 Å². The van der Waals surface area contributed by atoms with Gasteiger partial charge in [-0.2, -0.15) is 0 Å². The van der Waals surface area contributed by atoms with E-state index in [4.69, 9.17) is 22.2 Å². The molecule has 3 nitrogen and oxygen atoms in total. The fourth-order valence-corrected chi connectivity index (χ4v) is 4.82. The number of ether oxygens (including phenoxy) is 1. The number of nitrogens with one attached hydrogen (secondary N) is 1. The largest absolute Gasteiger partial charge is 0.375 e. The SMILES string of the molecule is Cc1csc(C(NN)C2CCOC3(CCC3)C2)c1Cl. The molecule has 0 aromatic carbocycles. The Morgan fingerprint density at radius 1 is 1.58 bits per heavy atom. The maximum atomic E-state index is 6.40. The molecule has 1 saturated carbocycles. The highest BCUT2D eigenvalue weighted by Crippen LogP contribution is 2.48. The topological polar surface area (TPSA) is 47.3 Å². The highest BCUT2D eigenvalue weighted by Gasteiger charge is 2.44. The van der Waals surface area contributed by atoms with Crippen LogP contribution in [0.4, 0.5) is 0 Å². The molecule has 3 N–H and O–H groups in total. The zero-order chi connectivity index (χ0) is 13.5. The number of hydrogen-bond donors (Lipinski definition) is 2. The summed E-state index contributed by atoms with van der Waals surface area (Å²) < 4.78 is 6.00. The van der Waals surface area contributed by atoms with Gasteiger partial charge in [0.15, 0.2) is 0 Å². The second-order valence-electron chi connectivity index (χ2n) is 5.88. The molecule has 1 aliphatic heterocycles. The Morgan fingerprint density at radius 2 is 2.37 bits per heavy atom. The van der Waals surface area contributed by atoms with E-state index in [0.717, 1.165) is 30.0 Å². The van der Waals surface area contributed by atoms with Gasteiger partial charge < -0.3 is 4.74 Å². The minimum Gasteiger partial charge on any atom is -0.375 e. The van der Waals surface area contributed by atoms with Crippen molar-refractivity contribution >= 4 is 22.9 Å². The predicted octanol–water partition coefficient (Wildman–Crippen LogP) is 3.56. The normalized spacial score (nSPS) is 27.2. The van der Waals surface area contributed by atoms with Gasteiger partial charge in [-0.05, 0) is 55.9 Å². The van der Waals surface area contributed by atoms with Gasteiger partial charge in [-0.1, -0.05) is 11.6 Å². The van der Waals surface area contributed by atoms with Crippen LogP contribution in [0.5, 0.6) is 0 Å². The molecule has 1 aromatic rings. The number of nitrogens with two attached hydrogens (primary N) is 1. The van der Waals surface area contributed by atoms with Crippen molar-refractivity contribution in [2.24, 2.45) is 11.8 Å².